The Hall–Kier alpha value is -0.570. The molecular weight excluding hydrogens is 320 g/mol. The molecule has 0 aromatic carbocycles. The van der Waals surface area contributed by atoms with Crippen molar-refractivity contribution in [2.45, 2.75) is 103 Å². The van der Waals surface area contributed by atoms with E-state index in [-0.39, 0.29) is 0 Å². The summed E-state index contributed by atoms with van der Waals surface area (Å²) in [6.45, 7) is 1.73. The van der Waals surface area contributed by atoms with Gasteiger partial charge in [0.05, 0.1) is 0 Å². The Morgan fingerprint density at radius 3 is 1.73 bits per heavy atom. The SMILES string of the molecule is NCCCCCCCCCCCNC(=O)CC12CC3CC(CC(C3)C1)C2. The minimum Gasteiger partial charge on any atom is -0.356 e. The molecule has 4 rings (SSSR count). The number of hydrogen-bond donors (Lipinski definition) is 2. The number of rotatable bonds is 13. The van der Waals surface area contributed by atoms with Crippen LogP contribution in [0.1, 0.15) is 103 Å². The number of carbonyl (C=O) groups is 1. The first-order chi connectivity index (χ1) is 12.7. The predicted octanol–water partition coefficient (Wildman–Crippen LogP) is 5.18. The van der Waals surface area contributed by atoms with E-state index >= 15 is 0 Å². The lowest BCUT2D eigenvalue weighted by atomic mass is 9.49. The topological polar surface area (TPSA) is 55.1 Å². The van der Waals surface area contributed by atoms with Gasteiger partial charge in [0.2, 0.25) is 5.91 Å². The molecule has 0 aromatic rings. The Balaban J connectivity index is 1.19. The van der Waals surface area contributed by atoms with Gasteiger partial charge >= 0.3 is 0 Å². The van der Waals surface area contributed by atoms with Crippen LogP contribution in [0.2, 0.25) is 0 Å². The van der Waals surface area contributed by atoms with Crippen molar-refractivity contribution in [2.24, 2.45) is 28.9 Å². The van der Waals surface area contributed by atoms with Gasteiger partial charge in [-0.3, -0.25) is 4.79 Å². The lowest BCUT2D eigenvalue weighted by Crippen LogP contribution is -2.48. The van der Waals surface area contributed by atoms with E-state index in [0.29, 0.717) is 11.3 Å². The van der Waals surface area contributed by atoms with Gasteiger partial charge in [-0.1, -0.05) is 44.9 Å². The van der Waals surface area contributed by atoms with Crippen LogP contribution in [0.25, 0.3) is 0 Å². The second kappa shape index (κ2) is 10.1. The van der Waals surface area contributed by atoms with Crippen molar-refractivity contribution < 1.29 is 4.79 Å². The average molecular weight is 363 g/mol. The molecule has 0 atom stereocenters. The molecule has 4 fully saturated rings. The van der Waals surface area contributed by atoms with Crippen LogP contribution in [0.3, 0.4) is 0 Å². The fraction of sp³-hybridized carbons (Fsp3) is 0.957. The van der Waals surface area contributed by atoms with Crippen LogP contribution in [0.4, 0.5) is 0 Å². The van der Waals surface area contributed by atoms with E-state index in [9.17, 15) is 4.79 Å². The standard InChI is InChI=1S/C23H42N2O/c24-10-8-6-4-2-1-3-5-7-9-11-25-22(26)18-23-15-19-12-20(16-23)14-21(13-19)17-23/h19-21H,1-18,24H2,(H,25,26). The predicted molar refractivity (Wildman–Crippen MR) is 109 cm³/mol. The summed E-state index contributed by atoms with van der Waals surface area (Å²) in [6, 6.07) is 0. The Bertz CT molecular complexity index is 399. The van der Waals surface area contributed by atoms with Crippen molar-refractivity contribution in [3.63, 3.8) is 0 Å². The maximum atomic E-state index is 12.5. The van der Waals surface area contributed by atoms with E-state index in [0.717, 1.165) is 43.7 Å². The van der Waals surface area contributed by atoms with E-state index in [1.54, 1.807) is 0 Å². The Labute approximate surface area is 161 Å². The average Bonchev–Trinajstić information content (AvgIpc) is 2.58. The van der Waals surface area contributed by atoms with Gasteiger partial charge < -0.3 is 11.1 Å². The second-order valence-electron chi connectivity index (χ2n) is 9.91. The lowest BCUT2D eigenvalue weighted by Gasteiger charge is -2.56. The molecular formula is C23H42N2O. The third kappa shape index (κ3) is 5.97. The van der Waals surface area contributed by atoms with Crippen LogP contribution >= 0.6 is 0 Å². The summed E-state index contributed by atoms with van der Waals surface area (Å²) in [5, 5.41) is 3.23. The van der Waals surface area contributed by atoms with Gasteiger partial charge in [0.15, 0.2) is 0 Å². The van der Waals surface area contributed by atoms with E-state index in [1.165, 1.54) is 89.9 Å². The highest BCUT2D eigenvalue weighted by Crippen LogP contribution is 2.61. The summed E-state index contributed by atoms with van der Waals surface area (Å²) in [4.78, 5) is 12.5. The molecule has 4 aliphatic carbocycles. The first kappa shape index (κ1) is 20.2. The molecule has 0 saturated heterocycles. The van der Waals surface area contributed by atoms with Crippen LogP contribution in [0.5, 0.6) is 0 Å². The van der Waals surface area contributed by atoms with Crippen LogP contribution in [-0.2, 0) is 4.79 Å². The van der Waals surface area contributed by atoms with Crippen molar-refractivity contribution in [1.29, 1.82) is 0 Å². The van der Waals surface area contributed by atoms with Crippen LogP contribution < -0.4 is 11.1 Å². The van der Waals surface area contributed by atoms with E-state index in [4.69, 9.17) is 5.73 Å². The van der Waals surface area contributed by atoms with Crippen LogP contribution in [-0.4, -0.2) is 19.0 Å². The zero-order chi connectivity index (χ0) is 18.2. The summed E-state index contributed by atoms with van der Waals surface area (Å²) in [5.74, 6) is 3.19. The third-order valence-electron chi connectivity index (χ3n) is 7.40. The summed E-state index contributed by atoms with van der Waals surface area (Å²) >= 11 is 0. The zero-order valence-corrected chi connectivity index (χ0v) is 16.9. The molecule has 4 bridgehead atoms. The number of nitrogens with one attached hydrogen (secondary N) is 1. The summed E-state index contributed by atoms with van der Waals surface area (Å²) in [7, 11) is 0. The minimum atomic E-state index is 0.340. The molecule has 3 N–H and O–H groups in total. The van der Waals surface area contributed by atoms with Crippen molar-refractivity contribution >= 4 is 5.91 Å². The maximum Gasteiger partial charge on any atom is 0.220 e. The minimum absolute atomic E-state index is 0.340. The molecule has 1 amide bonds. The smallest absolute Gasteiger partial charge is 0.220 e. The maximum absolute atomic E-state index is 12.5. The molecule has 0 unspecified atom stereocenters. The highest BCUT2D eigenvalue weighted by atomic mass is 16.1. The Morgan fingerprint density at radius 1 is 0.769 bits per heavy atom. The van der Waals surface area contributed by atoms with Gasteiger partial charge in [-0.15, -0.1) is 0 Å². The summed E-state index contributed by atoms with van der Waals surface area (Å²) < 4.78 is 0. The number of amides is 1. The highest BCUT2D eigenvalue weighted by Gasteiger charge is 2.51. The molecule has 0 radical (unpaired) electrons. The van der Waals surface area contributed by atoms with Crippen molar-refractivity contribution in [1.82, 2.24) is 5.32 Å². The Morgan fingerprint density at radius 2 is 1.23 bits per heavy atom. The van der Waals surface area contributed by atoms with Crippen molar-refractivity contribution in [3.8, 4) is 0 Å². The van der Waals surface area contributed by atoms with Gasteiger partial charge in [0.25, 0.3) is 0 Å². The molecule has 0 aliphatic heterocycles. The number of hydrogen-bond acceptors (Lipinski definition) is 2. The van der Waals surface area contributed by atoms with Crippen molar-refractivity contribution in [3.05, 3.63) is 0 Å². The highest BCUT2D eigenvalue weighted by molar-refractivity contribution is 5.76. The number of carbonyl (C=O) groups excluding carboxylic acids is 1. The van der Waals surface area contributed by atoms with Gasteiger partial charge in [0.1, 0.15) is 0 Å². The molecule has 4 aliphatic rings. The lowest BCUT2D eigenvalue weighted by molar-refractivity contribution is -0.129. The molecule has 26 heavy (non-hydrogen) atoms. The zero-order valence-electron chi connectivity index (χ0n) is 16.9. The Kier molecular flexibility index (Phi) is 7.84. The molecule has 0 aromatic heterocycles. The number of nitrogens with two attached hydrogens (primary N) is 1. The van der Waals surface area contributed by atoms with E-state index in [2.05, 4.69) is 5.32 Å². The van der Waals surface area contributed by atoms with Crippen molar-refractivity contribution in [2.75, 3.05) is 13.1 Å². The number of unbranched alkanes of at least 4 members (excludes halogenated alkanes) is 8. The summed E-state index contributed by atoms with van der Waals surface area (Å²) in [5.41, 5.74) is 5.90. The van der Waals surface area contributed by atoms with Gasteiger partial charge in [-0.05, 0) is 81.1 Å². The molecule has 150 valence electrons. The van der Waals surface area contributed by atoms with E-state index < -0.39 is 0 Å². The largest absolute Gasteiger partial charge is 0.356 e. The third-order valence-corrected chi connectivity index (χ3v) is 7.40. The fourth-order valence-corrected chi connectivity index (χ4v) is 6.64. The molecule has 0 spiro atoms. The quantitative estimate of drug-likeness (QED) is 0.444. The van der Waals surface area contributed by atoms with E-state index in [1.807, 2.05) is 0 Å². The van der Waals surface area contributed by atoms with Gasteiger partial charge in [-0.25, -0.2) is 0 Å². The monoisotopic (exact) mass is 362 g/mol. The first-order valence-corrected chi connectivity index (χ1v) is 11.7. The summed E-state index contributed by atoms with van der Waals surface area (Å²) in [6.07, 6.45) is 20.9. The van der Waals surface area contributed by atoms with Crippen LogP contribution in [0.15, 0.2) is 0 Å². The second-order valence-corrected chi connectivity index (χ2v) is 9.91. The molecule has 4 saturated carbocycles. The van der Waals surface area contributed by atoms with Gasteiger partial charge in [-0.2, -0.15) is 0 Å². The first-order valence-electron chi connectivity index (χ1n) is 11.7. The molecule has 3 nitrogen and oxygen atoms in total. The normalized spacial score (nSPS) is 32.1. The fourth-order valence-electron chi connectivity index (χ4n) is 6.64. The van der Waals surface area contributed by atoms with Gasteiger partial charge in [0, 0.05) is 13.0 Å². The van der Waals surface area contributed by atoms with Crippen LogP contribution in [0, 0.1) is 23.2 Å². The molecule has 3 heteroatoms. The molecule has 0 heterocycles.